The number of aromatic nitrogens is 1. The summed E-state index contributed by atoms with van der Waals surface area (Å²) in [5.41, 5.74) is 2.37. The third kappa shape index (κ3) is 5.26. The molecule has 1 heterocycles. The van der Waals surface area contributed by atoms with Gasteiger partial charge in [0.1, 0.15) is 30.1 Å². The van der Waals surface area contributed by atoms with Crippen LogP contribution < -0.4 is 14.8 Å². The van der Waals surface area contributed by atoms with Crippen molar-refractivity contribution < 1.29 is 23.5 Å². The molecule has 0 aliphatic rings. The van der Waals surface area contributed by atoms with E-state index in [4.69, 9.17) is 13.9 Å². The van der Waals surface area contributed by atoms with Gasteiger partial charge < -0.3 is 19.2 Å². The van der Waals surface area contributed by atoms with Gasteiger partial charge in [0.05, 0.1) is 12.7 Å². The van der Waals surface area contributed by atoms with Crippen molar-refractivity contribution in [2.75, 3.05) is 12.4 Å². The number of hydrogen-bond donors (Lipinski definition) is 1. The zero-order valence-corrected chi connectivity index (χ0v) is 17.2. The van der Waals surface area contributed by atoms with Crippen molar-refractivity contribution >= 4 is 17.4 Å². The average Bonchev–Trinajstić information content (AvgIpc) is 3.22. The lowest BCUT2D eigenvalue weighted by atomic mass is 10.1. The zero-order valence-electron chi connectivity index (χ0n) is 17.2. The smallest absolute Gasteiger partial charge is 0.226 e. The molecule has 7 nitrogen and oxygen atoms in total. The number of anilines is 1. The molecule has 0 radical (unpaired) electrons. The van der Waals surface area contributed by atoms with Gasteiger partial charge in [0.15, 0.2) is 5.78 Å². The van der Waals surface area contributed by atoms with Gasteiger partial charge in [-0.1, -0.05) is 6.92 Å². The number of nitrogens with one attached hydrogen (secondary N) is 1. The van der Waals surface area contributed by atoms with Crippen molar-refractivity contribution in [3.8, 4) is 23.0 Å². The van der Waals surface area contributed by atoms with Crippen molar-refractivity contribution in [3.63, 3.8) is 0 Å². The van der Waals surface area contributed by atoms with Crippen molar-refractivity contribution in [2.45, 2.75) is 33.3 Å². The van der Waals surface area contributed by atoms with Gasteiger partial charge >= 0.3 is 0 Å². The Labute approximate surface area is 175 Å². The van der Waals surface area contributed by atoms with E-state index in [0.29, 0.717) is 35.0 Å². The van der Waals surface area contributed by atoms with Gasteiger partial charge in [-0.3, -0.25) is 9.59 Å². The first-order valence-electron chi connectivity index (χ1n) is 9.66. The number of methoxy groups -OCH3 is 1. The van der Waals surface area contributed by atoms with E-state index in [0.717, 1.165) is 17.7 Å². The molecular formula is C23H24N2O5. The number of hydrogen-bond acceptors (Lipinski definition) is 6. The first kappa shape index (κ1) is 21.1. The molecule has 0 atom stereocenters. The largest absolute Gasteiger partial charge is 0.497 e. The van der Waals surface area contributed by atoms with Gasteiger partial charge in [-0.15, -0.1) is 0 Å². The molecule has 7 heteroatoms. The first-order valence-corrected chi connectivity index (χ1v) is 9.66. The molecule has 1 aromatic heterocycles. The van der Waals surface area contributed by atoms with Gasteiger partial charge in [0.2, 0.25) is 11.8 Å². The summed E-state index contributed by atoms with van der Waals surface area (Å²) >= 11 is 0. The van der Waals surface area contributed by atoms with Crippen LogP contribution >= 0.6 is 0 Å². The SMILES string of the molecule is CCCC(=O)Nc1ccc(OCc2coc(-c3ccc(OC)cc3)n2)c(C(C)=O)c1. The number of carbonyl (C=O) groups is 2. The van der Waals surface area contributed by atoms with Crippen molar-refractivity contribution in [1.29, 1.82) is 0 Å². The summed E-state index contributed by atoms with van der Waals surface area (Å²) in [6.45, 7) is 3.53. The van der Waals surface area contributed by atoms with Crippen LogP contribution in [0.15, 0.2) is 53.1 Å². The van der Waals surface area contributed by atoms with E-state index in [1.54, 1.807) is 25.3 Å². The minimum atomic E-state index is -0.157. The van der Waals surface area contributed by atoms with Crippen molar-refractivity contribution in [1.82, 2.24) is 4.98 Å². The lowest BCUT2D eigenvalue weighted by Gasteiger charge is -2.11. The number of Topliss-reactive ketones (excluding diaryl/α,β-unsaturated/α-hetero) is 1. The fourth-order valence-electron chi connectivity index (χ4n) is 2.85. The second kappa shape index (κ2) is 9.73. The standard InChI is InChI=1S/C23H24N2O5/c1-4-5-22(27)24-17-8-11-21(20(12-17)15(2)26)29-13-18-14-30-23(25-18)16-6-9-19(28-3)10-7-16/h6-12,14H,4-5,13H2,1-3H3,(H,24,27). The molecule has 156 valence electrons. The number of ketones is 1. The number of rotatable bonds is 9. The van der Waals surface area contributed by atoms with Crippen molar-refractivity contribution in [3.05, 3.63) is 60.0 Å². The third-order valence-electron chi connectivity index (χ3n) is 4.38. The average molecular weight is 408 g/mol. The van der Waals surface area contributed by atoms with E-state index in [-0.39, 0.29) is 18.3 Å². The van der Waals surface area contributed by atoms with Crippen LogP contribution in [-0.2, 0) is 11.4 Å². The number of amides is 1. The predicted molar refractivity (Wildman–Crippen MR) is 113 cm³/mol. The molecule has 0 unspecified atom stereocenters. The maximum Gasteiger partial charge on any atom is 0.226 e. The zero-order chi connectivity index (χ0) is 21.5. The second-order valence-corrected chi connectivity index (χ2v) is 6.73. The fraction of sp³-hybridized carbons (Fsp3) is 0.261. The third-order valence-corrected chi connectivity index (χ3v) is 4.38. The Balaban J connectivity index is 1.69. The van der Waals surface area contributed by atoms with Crippen molar-refractivity contribution in [2.24, 2.45) is 0 Å². The van der Waals surface area contributed by atoms with Gasteiger partial charge in [-0.2, -0.15) is 0 Å². The summed E-state index contributed by atoms with van der Waals surface area (Å²) in [4.78, 5) is 28.3. The topological polar surface area (TPSA) is 90.7 Å². The quantitative estimate of drug-likeness (QED) is 0.508. The van der Waals surface area contributed by atoms with Crippen LogP contribution in [0.1, 0.15) is 42.7 Å². The molecule has 30 heavy (non-hydrogen) atoms. The molecule has 3 aromatic rings. The number of nitrogens with zero attached hydrogens (tertiary/aromatic N) is 1. The Kier molecular flexibility index (Phi) is 6.85. The fourth-order valence-corrected chi connectivity index (χ4v) is 2.85. The van der Waals surface area contributed by atoms with E-state index in [1.165, 1.54) is 13.2 Å². The minimum absolute atomic E-state index is 0.0886. The minimum Gasteiger partial charge on any atom is -0.497 e. The molecule has 0 aliphatic heterocycles. The van der Waals surface area contributed by atoms with E-state index >= 15 is 0 Å². The number of ether oxygens (including phenoxy) is 2. The Hall–Kier alpha value is -3.61. The van der Waals surface area contributed by atoms with Crippen LogP contribution in [0, 0.1) is 0 Å². The van der Waals surface area contributed by atoms with E-state index in [2.05, 4.69) is 10.3 Å². The Morgan fingerprint density at radius 3 is 2.57 bits per heavy atom. The molecule has 1 amide bonds. The molecule has 1 N–H and O–H groups in total. The molecule has 2 aromatic carbocycles. The maximum atomic E-state index is 12.0. The van der Waals surface area contributed by atoms with E-state index in [9.17, 15) is 9.59 Å². The van der Waals surface area contributed by atoms with Crippen LogP contribution in [0.25, 0.3) is 11.5 Å². The van der Waals surface area contributed by atoms with E-state index in [1.807, 2.05) is 31.2 Å². The molecule has 0 saturated carbocycles. The molecule has 0 bridgehead atoms. The molecule has 0 aliphatic carbocycles. The van der Waals surface area contributed by atoms with Gasteiger partial charge in [-0.25, -0.2) is 4.98 Å². The lowest BCUT2D eigenvalue weighted by molar-refractivity contribution is -0.116. The molecule has 3 rings (SSSR count). The number of carbonyl (C=O) groups excluding carboxylic acids is 2. The predicted octanol–water partition coefficient (Wildman–Crippen LogP) is 4.87. The monoisotopic (exact) mass is 408 g/mol. The van der Waals surface area contributed by atoms with Crippen LogP contribution in [-0.4, -0.2) is 23.8 Å². The van der Waals surface area contributed by atoms with Crippen LogP contribution in [0.2, 0.25) is 0 Å². The lowest BCUT2D eigenvalue weighted by Crippen LogP contribution is -2.11. The van der Waals surface area contributed by atoms with Crippen LogP contribution in [0.5, 0.6) is 11.5 Å². The highest BCUT2D eigenvalue weighted by Crippen LogP contribution is 2.26. The Morgan fingerprint density at radius 1 is 1.13 bits per heavy atom. The second-order valence-electron chi connectivity index (χ2n) is 6.73. The van der Waals surface area contributed by atoms with Crippen LogP contribution in [0.3, 0.4) is 0 Å². The highest BCUT2D eigenvalue weighted by Gasteiger charge is 2.13. The normalized spacial score (nSPS) is 10.5. The summed E-state index contributed by atoms with van der Waals surface area (Å²) < 4.78 is 16.5. The Bertz CT molecular complexity index is 1020. The maximum absolute atomic E-state index is 12.0. The van der Waals surface area contributed by atoms with E-state index < -0.39 is 0 Å². The van der Waals surface area contributed by atoms with Gasteiger partial charge in [0.25, 0.3) is 0 Å². The molecule has 0 fully saturated rings. The molecular weight excluding hydrogens is 384 g/mol. The van der Waals surface area contributed by atoms with Gasteiger partial charge in [-0.05, 0) is 55.8 Å². The summed E-state index contributed by atoms with van der Waals surface area (Å²) in [6, 6.07) is 12.4. The van der Waals surface area contributed by atoms with Crippen LogP contribution in [0.4, 0.5) is 5.69 Å². The molecule has 0 spiro atoms. The highest BCUT2D eigenvalue weighted by atomic mass is 16.5. The summed E-state index contributed by atoms with van der Waals surface area (Å²) in [5, 5.41) is 2.79. The summed E-state index contributed by atoms with van der Waals surface area (Å²) in [5.74, 6) is 1.40. The highest BCUT2D eigenvalue weighted by molar-refractivity contribution is 5.99. The summed E-state index contributed by atoms with van der Waals surface area (Å²) in [7, 11) is 1.61. The summed E-state index contributed by atoms with van der Waals surface area (Å²) in [6.07, 6.45) is 2.70. The molecule has 0 saturated heterocycles. The van der Waals surface area contributed by atoms with Gasteiger partial charge in [0, 0.05) is 17.7 Å². The Morgan fingerprint density at radius 2 is 1.90 bits per heavy atom. The number of benzene rings is 2. The first-order chi connectivity index (χ1) is 14.5. The number of oxazole rings is 1.